The molecule has 1 aromatic carbocycles. The van der Waals surface area contributed by atoms with Crippen LogP contribution in [0.1, 0.15) is 43.5 Å². The molecule has 0 saturated carbocycles. The summed E-state index contributed by atoms with van der Waals surface area (Å²) < 4.78 is 0. The van der Waals surface area contributed by atoms with Crippen LogP contribution in [0.3, 0.4) is 0 Å². The molecule has 1 fully saturated rings. The number of likely N-dealkylation sites (tertiary alicyclic amines) is 1. The molecule has 0 spiro atoms. The number of piperidine rings is 1. The van der Waals surface area contributed by atoms with Crippen molar-refractivity contribution in [2.24, 2.45) is 5.92 Å². The minimum atomic E-state index is 0.0795. The maximum Gasteiger partial charge on any atom is 0.253 e. The maximum absolute atomic E-state index is 12.5. The zero-order valence-corrected chi connectivity index (χ0v) is 14.7. The summed E-state index contributed by atoms with van der Waals surface area (Å²) in [5, 5.41) is 13.5. The van der Waals surface area contributed by atoms with E-state index in [9.17, 15) is 9.90 Å². The van der Waals surface area contributed by atoms with E-state index in [-0.39, 0.29) is 12.5 Å². The van der Waals surface area contributed by atoms with Gasteiger partial charge in [-0.1, -0.05) is 25.4 Å². The van der Waals surface area contributed by atoms with E-state index < -0.39 is 0 Å². The minimum absolute atomic E-state index is 0.0795. The van der Waals surface area contributed by atoms with Gasteiger partial charge in [0.2, 0.25) is 0 Å². The summed E-state index contributed by atoms with van der Waals surface area (Å²) in [6.07, 6.45) is 2.68. The Kier molecular flexibility index (Phi) is 6.88. The number of aliphatic hydroxyl groups is 1. The van der Waals surface area contributed by atoms with Crippen LogP contribution in [-0.4, -0.2) is 47.7 Å². The van der Waals surface area contributed by atoms with Crippen LogP contribution in [0.2, 0.25) is 5.02 Å². The number of hydrogen-bond acceptors (Lipinski definition) is 3. The van der Waals surface area contributed by atoms with E-state index in [0.717, 1.165) is 32.4 Å². The van der Waals surface area contributed by atoms with Gasteiger partial charge in [0.05, 0.1) is 0 Å². The van der Waals surface area contributed by atoms with Gasteiger partial charge in [0.1, 0.15) is 0 Å². The summed E-state index contributed by atoms with van der Waals surface area (Å²) in [5.74, 6) is 0.576. The fraction of sp³-hybridized carbons (Fsp3) is 0.611. The van der Waals surface area contributed by atoms with Crippen molar-refractivity contribution in [2.45, 2.75) is 45.2 Å². The third kappa shape index (κ3) is 5.20. The van der Waals surface area contributed by atoms with Gasteiger partial charge in [-0.05, 0) is 49.4 Å². The Balaban J connectivity index is 1.85. The summed E-state index contributed by atoms with van der Waals surface area (Å²) in [5.41, 5.74) is 0.696. The van der Waals surface area contributed by atoms with Crippen LogP contribution >= 0.6 is 11.6 Å². The second kappa shape index (κ2) is 8.67. The predicted octanol–water partition coefficient (Wildman–Crippen LogP) is 2.94. The molecule has 23 heavy (non-hydrogen) atoms. The molecule has 5 heteroatoms. The standard InChI is InChI=1S/C18H27ClN2O2/c1-13(2)17(9-12-22)20-16-7-10-21(11-8-16)18(23)14-3-5-15(19)6-4-14/h3-6,13,16-17,20,22H,7-12H2,1-2H3. The van der Waals surface area contributed by atoms with Crippen molar-refractivity contribution >= 4 is 17.5 Å². The highest BCUT2D eigenvalue weighted by molar-refractivity contribution is 6.30. The number of halogens is 1. The Hall–Kier alpha value is -1.10. The molecule has 1 aliphatic heterocycles. The van der Waals surface area contributed by atoms with Crippen molar-refractivity contribution in [1.82, 2.24) is 10.2 Å². The summed E-state index contributed by atoms with van der Waals surface area (Å²) >= 11 is 5.87. The maximum atomic E-state index is 12.5. The molecule has 1 aliphatic rings. The molecule has 2 N–H and O–H groups in total. The zero-order valence-electron chi connectivity index (χ0n) is 14.0. The number of nitrogens with one attached hydrogen (secondary N) is 1. The Morgan fingerprint density at radius 1 is 1.30 bits per heavy atom. The van der Waals surface area contributed by atoms with Crippen LogP contribution in [0.15, 0.2) is 24.3 Å². The van der Waals surface area contributed by atoms with Crippen molar-refractivity contribution in [3.63, 3.8) is 0 Å². The summed E-state index contributed by atoms with van der Waals surface area (Å²) in [4.78, 5) is 14.4. The van der Waals surface area contributed by atoms with E-state index in [1.54, 1.807) is 24.3 Å². The minimum Gasteiger partial charge on any atom is -0.396 e. The molecule has 2 rings (SSSR count). The molecular formula is C18H27ClN2O2. The average molecular weight is 339 g/mol. The van der Waals surface area contributed by atoms with Gasteiger partial charge in [-0.25, -0.2) is 0 Å². The van der Waals surface area contributed by atoms with Crippen LogP contribution in [0.4, 0.5) is 0 Å². The number of hydrogen-bond donors (Lipinski definition) is 2. The van der Waals surface area contributed by atoms with Gasteiger partial charge < -0.3 is 15.3 Å². The van der Waals surface area contributed by atoms with Crippen LogP contribution < -0.4 is 5.32 Å². The van der Waals surface area contributed by atoms with Gasteiger partial charge in [0.15, 0.2) is 0 Å². The number of nitrogens with zero attached hydrogens (tertiary/aromatic N) is 1. The molecular weight excluding hydrogens is 312 g/mol. The van der Waals surface area contributed by atoms with E-state index in [1.807, 2.05) is 4.90 Å². The molecule has 1 amide bonds. The molecule has 4 nitrogen and oxygen atoms in total. The SMILES string of the molecule is CC(C)C(CCO)NC1CCN(C(=O)c2ccc(Cl)cc2)CC1. The van der Waals surface area contributed by atoms with E-state index in [4.69, 9.17) is 11.6 Å². The Labute approximate surface area is 143 Å². The molecule has 1 unspecified atom stereocenters. The zero-order chi connectivity index (χ0) is 16.8. The largest absolute Gasteiger partial charge is 0.396 e. The number of amides is 1. The molecule has 0 aromatic heterocycles. The van der Waals surface area contributed by atoms with Gasteiger partial charge in [0.25, 0.3) is 5.91 Å². The first-order valence-electron chi connectivity index (χ1n) is 8.43. The first-order valence-corrected chi connectivity index (χ1v) is 8.80. The Bertz CT molecular complexity index is 496. The monoisotopic (exact) mass is 338 g/mol. The lowest BCUT2D eigenvalue weighted by Gasteiger charge is -2.35. The molecule has 1 atom stereocenters. The number of carbonyl (C=O) groups is 1. The van der Waals surface area contributed by atoms with Crippen molar-refractivity contribution < 1.29 is 9.90 Å². The second-order valence-electron chi connectivity index (χ2n) is 6.60. The molecule has 1 aromatic rings. The molecule has 0 aliphatic carbocycles. The van der Waals surface area contributed by atoms with E-state index in [0.29, 0.717) is 28.6 Å². The van der Waals surface area contributed by atoms with Crippen LogP contribution in [-0.2, 0) is 0 Å². The van der Waals surface area contributed by atoms with Crippen LogP contribution in [0.25, 0.3) is 0 Å². The van der Waals surface area contributed by atoms with E-state index in [2.05, 4.69) is 19.2 Å². The average Bonchev–Trinajstić information content (AvgIpc) is 2.55. The Morgan fingerprint density at radius 3 is 2.43 bits per heavy atom. The first kappa shape index (κ1) is 18.2. The predicted molar refractivity (Wildman–Crippen MR) is 93.8 cm³/mol. The number of aliphatic hydroxyl groups excluding tert-OH is 1. The highest BCUT2D eigenvalue weighted by atomic mass is 35.5. The molecule has 128 valence electrons. The molecule has 1 heterocycles. The van der Waals surface area contributed by atoms with Crippen LogP contribution in [0, 0.1) is 5.92 Å². The fourth-order valence-corrected chi connectivity index (χ4v) is 3.20. The number of rotatable bonds is 6. The van der Waals surface area contributed by atoms with Crippen LogP contribution in [0.5, 0.6) is 0 Å². The fourth-order valence-electron chi connectivity index (χ4n) is 3.08. The lowest BCUT2D eigenvalue weighted by molar-refractivity contribution is 0.0697. The smallest absolute Gasteiger partial charge is 0.253 e. The first-order chi connectivity index (χ1) is 11.0. The summed E-state index contributed by atoms with van der Waals surface area (Å²) in [7, 11) is 0. The number of benzene rings is 1. The summed E-state index contributed by atoms with van der Waals surface area (Å²) in [6.45, 7) is 6.09. The van der Waals surface area contributed by atoms with E-state index >= 15 is 0 Å². The molecule has 0 bridgehead atoms. The van der Waals surface area contributed by atoms with Gasteiger partial charge >= 0.3 is 0 Å². The topological polar surface area (TPSA) is 52.6 Å². The lowest BCUT2D eigenvalue weighted by atomic mass is 9.97. The Morgan fingerprint density at radius 2 is 1.91 bits per heavy atom. The van der Waals surface area contributed by atoms with Crippen molar-refractivity contribution in [3.8, 4) is 0 Å². The van der Waals surface area contributed by atoms with Crippen molar-refractivity contribution in [3.05, 3.63) is 34.9 Å². The van der Waals surface area contributed by atoms with Gasteiger partial charge in [-0.3, -0.25) is 4.79 Å². The quantitative estimate of drug-likeness (QED) is 0.838. The highest BCUT2D eigenvalue weighted by Crippen LogP contribution is 2.18. The van der Waals surface area contributed by atoms with Gasteiger partial charge in [0, 0.05) is 42.4 Å². The van der Waals surface area contributed by atoms with Crippen molar-refractivity contribution in [2.75, 3.05) is 19.7 Å². The van der Waals surface area contributed by atoms with Crippen molar-refractivity contribution in [1.29, 1.82) is 0 Å². The van der Waals surface area contributed by atoms with Gasteiger partial charge in [-0.2, -0.15) is 0 Å². The third-order valence-corrected chi connectivity index (χ3v) is 4.82. The normalized spacial score (nSPS) is 17.5. The number of carbonyl (C=O) groups excluding carboxylic acids is 1. The van der Waals surface area contributed by atoms with Gasteiger partial charge in [-0.15, -0.1) is 0 Å². The lowest BCUT2D eigenvalue weighted by Crippen LogP contribution is -2.49. The third-order valence-electron chi connectivity index (χ3n) is 4.57. The van der Waals surface area contributed by atoms with E-state index in [1.165, 1.54) is 0 Å². The highest BCUT2D eigenvalue weighted by Gasteiger charge is 2.25. The molecule has 0 radical (unpaired) electrons. The second-order valence-corrected chi connectivity index (χ2v) is 7.04. The summed E-state index contributed by atoms with van der Waals surface area (Å²) in [6, 6.07) is 7.83. The molecule has 1 saturated heterocycles.